The molecule has 2 nitrogen and oxygen atoms in total. The van der Waals surface area contributed by atoms with E-state index < -0.39 is 12.9 Å². The molecule has 0 saturated carbocycles. The number of hydrogen-bond donors (Lipinski definition) is 2. The van der Waals surface area contributed by atoms with Crippen LogP contribution in [-0.2, 0) is 0 Å². The summed E-state index contributed by atoms with van der Waals surface area (Å²) in [6.07, 6.45) is 5.04. The van der Waals surface area contributed by atoms with Crippen LogP contribution in [0, 0.1) is 18.2 Å². The third-order valence-corrected chi connectivity index (χ3v) is 1.45. The Labute approximate surface area is 69.8 Å². The fourth-order valence-electron chi connectivity index (χ4n) is 0.879. The van der Waals surface area contributed by atoms with Crippen molar-refractivity contribution in [3.8, 4) is 12.3 Å². The first-order chi connectivity index (χ1) is 5.65. The van der Waals surface area contributed by atoms with Gasteiger partial charge in [-0.2, -0.15) is 0 Å². The van der Waals surface area contributed by atoms with Crippen molar-refractivity contribution < 1.29 is 14.4 Å². The molecule has 0 atom stereocenters. The van der Waals surface area contributed by atoms with E-state index in [1.807, 2.05) is 0 Å². The average molecular weight is 164 g/mol. The van der Waals surface area contributed by atoms with Gasteiger partial charge in [-0.15, -0.1) is 6.42 Å². The van der Waals surface area contributed by atoms with E-state index in [9.17, 15) is 4.39 Å². The Morgan fingerprint density at radius 2 is 2.08 bits per heavy atom. The highest BCUT2D eigenvalue weighted by molar-refractivity contribution is 6.59. The predicted octanol–water partition coefficient (Wildman–Crippen LogP) is -0.513. The van der Waals surface area contributed by atoms with Crippen LogP contribution in [-0.4, -0.2) is 17.2 Å². The number of hydrogen-bond acceptors (Lipinski definition) is 2. The van der Waals surface area contributed by atoms with Crippen molar-refractivity contribution in [1.82, 2.24) is 0 Å². The molecule has 60 valence electrons. The van der Waals surface area contributed by atoms with Crippen molar-refractivity contribution in [2.24, 2.45) is 0 Å². The lowest BCUT2D eigenvalue weighted by molar-refractivity contribution is 0.425. The van der Waals surface area contributed by atoms with E-state index in [0.29, 0.717) is 0 Å². The van der Waals surface area contributed by atoms with Gasteiger partial charge in [0.1, 0.15) is 5.82 Å². The highest BCUT2D eigenvalue weighted by Crippen LogP contribution is 1.99. The minimum atomic E-state index is -1.73. The molecular formula is C8H6BFO2. The normalized spacial score (nSPS) is 9.17. The molecule has 1 rings (SSSR count). The van der Waals surface area contributed by atoms with Crippen molar-refractivity contribution in [3.05, 3.63) is 29.6 Å². The lowest BCUT2D eigenvalue weighted by Gasteiger charge is -2.02. The summed E-state index contributed by atoms with van der Waals surface area (Å²) < 4.78 is 12.6. The summed E-state index contributed by atoms with van der Waals surface area (Å²) in [7, 11) is -1.73. The molecule has 2 N–H and O–H groups in total. The first kappa shape index (κ1) is 8.79. The average Bonchev–Trinajstić information content (AvgIpc) is 2.04. The fraction of sp³-hybridized carbons (Fsp3) is 0. The highest BCUT2D eigenvalue weighted by Gasteiger charge is 2.15. The Morgan fingerprint density at radius 1 is 1.42 bits per heavy atom. The second kappa shape index (κ2) is 3.39. The number of terminal acetylenes is 1. The second-order valence-electron chi connectivity index (χ2n) is 2.25. The molecule has 0 aliphatic carbocycles. The molecule has 0 saturated heterocycles. The van der Waals surface area contributed by atoms with E-state index in [0.717, 1.165) is 6.07 Å². The summed E-state index contributed by atoms with van der Waals surface area (Å²) in [4.78, 5) is 0. The largest absolute Gasteiger partial charge is 0.489 e. The Morgan fingerprint density at radius 3 is 2.58 bits per heavy atom. The van der Waals surface area contributed by atoms with Crippen molar-refractivity contribution in [2.45, 2.75) is 0 Å². The summed E-state index contributed by atoms with van der Waals surface area (Å²) >= 11 is 0. The van der Waals surface area contributed by atoms with Crippen LogP contribution in [0.4, 0.5) is 4.39 Å². The second-order valence-corrected chi connectivity index (χ2v) is 2.25. The quantitative estimate of drug-likeness (QED) is 0.433. The van der Waals surface area contributed by atoms with Gasteiger partial charge < -0.3 is 10.0 Å². The lowest BCUT2D eigenvalue weighted by Crippen LogP contribution is -2.32. The molecule has 0 fully saturated rings. The summed E-state index contributed by atoms with van der Waals surface area (Å²) in [6, 6.07) is 3.49. The minimum absolute atomic E-state index is 0.0116. The zero-order valence-electron chi connectivity index (χ0n) is 6.16. The molecule has 0 aliphatic heterocycles. The van der Waals surface area contributed by atoms with Gasteiger partial charge in [0.25, 0.3) is 0 Å². The van der Waals surface area contributed by atoms with E-state index in [2.05, 4.69) is 5.92 Å². The maximum absolute atomic E-state index is 12.6. The fourth-order valence-corrected chi connectivity index (χ4v) is 0.879. The van der Waals surface area contributed by atoms with Gasteiger partial charge >= 0.3 is 7.12 Å². The van der Waals surface area contributed by atoms with E-state index in [-0.39, 0.29) is 11.0 Å². The Hall–Kier alpha value is -1.31. The van der Waals surface area contributed by atoms with Gasteiger partial charge in [0.2, 0.25) is 0 Å². The van der Waals surface area contributed by atoms with Gasteiger partial charge in [-0.3, -0.25) is 0 Å². The summed E-state index contributed by atoms with van der Waals surface area (Å²) in [6.45, 7) is 0. The summed E-state index contributed by atoms with van der Waals surface area (Å²) in [5.74, 6) is 1.67. The van der Waals surface area contributed by atoms with Gasteiger partial charge in [0.05, 0.1) is 0 Å². The Balaban J connectivity index is 3.24. The monoisotopic (exact) mass is 164 g/mol. The van der Waals surface area contributed by atoms with Crippen LogP contribution in [0.1, 0.15) is 5.56 Å². The Bertz CT molecular complexity index is 330. The van der Waals surface area contributed by atoms with Gasteiger partial charge in [0.15, 0.2) is 0 Å². The number of rotatable bonds is 1. The topological polar surface area (TPSA) is 40.5 Å². The van der Waals surface area contributed by atoms with E-state index >= 15 is 0 Å². The van der Waals surface area contributed by atoms with Gasteiger partial charge in [-0.05, 0) is 18.2 Å². The van der Waals surface area contributed by atoms with Crippen LogP contribution in [0.3, 0.4) is 0 Å². The van der Waals surface area contributed by atoms with Crippen molar-refractivity contribution in [1.29, 1.82) is 0 Å². The van der Waals surface area contributed by atoms with Crippen LogP contribution in [0.5, 0.6) is 0 Å². The number of benzene rings is 1. The standard InChI is InChI=1S/C8H6BFO2/c1-2-6-3-4-7(10)5-8(6)9(11)12/h1,3-5,11-12H. The molecule has 0 aliphatic rings. The first-order valence-electron chi connectivity index (χ1n) is 3.27. The third-order valence-electron chi connectivity index (χ3n) is 1.45. The molecule has 0 bridgehead atoms. The van der Waals surface area contributed by atoms with Crippen LogP contribution in [0.25, 0.3) is 0 Å². The van der Waals surface area contributed by atoms with E-state index in [1.54, 1.807) is 0 Å². The lowest BCUT2D eigenvalue weighted by atomic mass is 9.77. The molecule has 1 aromatic rings. The van der Waals surface area contributed by atoms with Crippen LogP contribution in [0.15, 0.2) is 18.2 Å². The highest BCUT2D eigenvalue weighted by atomic mass is 19.1. The molecule has 0 unspecified atom stereocenters. The smallest absolute Gasteiger partial charge is 0.423 e. The molecule has 1 aromatic carbocycles. The van der Waals surface area contributed by atoms with Gasteiger partial charge in [-0.1, -0.05) is 5.92 Å². The Kier molecular flexibility index (Phi) is 2.49. The molecule has 0 amide bonds. The number of halogens is 1. The minimum Gasteiger partial charge on any atom is -0.423 e. The van der Waals surface area contributed by atoms with Crippen molar-refractivity contribution in [2.75, 3.05) is 0 Å². The van der Waals surface area contributed by atoms with Crippen LogP contribution < -0.4 is 5.46 Å². The van der Waals surface area contributed by atoms with Crippen LogP contribution in [0.2, 0.25) is 0 Å². The van der Waals surface area contributed by atoms with Crippen LogP contribution >= 0.6 is 0 Å². The molecule has 0 radical (unpaired) electrons. The maximum atomic E-state index is 12.6. The van der Waals surface area contributed by atoms with Gasteiger partial charge in [0, 0.05) is 11.0 Å². The molecular weight excluding hydrogens is 158 g/mol. The molecule has 0 aromatic heterocycles. The molecule has 12 heavy (non-hydrogen) atoms. The first-order valence-corrected chi connectivity index (χ1v) is 3.27. The van der Waals surface area contributed by atoms with Crippen molar-refractivity contribution in [3.63, 3.8) is 0 Å². The van der Waals surface area contributed by atoms with Gasteiger partial charge in [-0.25, -0.2) is 4.39 Å². The molecule has 0 heterocycles. The van der Waals surface area contributed by atoms with Crippen molar-refractivity contribution >= 4 is 12.6 Å². The zero-order valence-corrected chi connectivity index (χ0v) is 6.16. The summed E-state index contributed by atoms with van der Waals surface area (Å²) in [5.41, 5.74) is 0.295. The zero-order chi connectivity index (χ0) is 9.14. The van der Waals surface area contributed by atoms with E-state index in [1.165, 1.54) is 12.1 Å². The molecule has 4 heteroatoms. The SMILES string of the molecule is C#Cc1ccc(F)cc1B(O)O. The maximum Gasteiger partial charge on any atom is 0.489 e. The predicted molar refractivity (Wildman–Crippen MR) is 44.2 cm³/mol. The third kappa shape index (κ3) is 1.64. The van der Waals surface area contributed by atoms with E-state index in [4.69, 9.17) is 16.5 Å². The molecule has 0 spiro atoms. The summed E-state index contributed by atoms with van der Waals surface area (Å²) in [5, 5.41) is 17.5.